The van der Waals surface area contributed by atoms with Crippen LogP contribution in [0.1, 0.15) is 27.2 Å². The largest absolute Gasteiger partial charge is 0.490 e. The summed E-state index contributed by atoms with van der Waals surface area (Å²) in [6, 6.07) is 3.31. The SMILES string of the molecule is CCOC(=O)CN(CC(=O)Nc1cc2c(cc1Cl)OCCCO2)CC(C)C. The topological polar surface area (TPSA) is 77.1 Å². The normalized spacial score (nSPS) is 13.4. The summed E-state index contributed by atoms with van der Waals surface area (Å²) >= 11 is 6.27. The first-order valence-corrected chi connectivity index (χ1v) is 9.53. The maximum absolute atomic E-state index is 12.5. The average Bonchev–Trinajstić information content (AvgIpc) is 2.79. The second-order valence-corrected chi connectivity index (χ2v) is 7.15. The van der Waals surface area contributed by atoms with Crippen LogP contribution in [0.3, 0.4) is 0 Å². The molecule has 8 heteroatoms. The summed E-state index contributed by atoms with van der Waals surface area (Å²) in [7, 11) is 0. The van der Waals surface area contributed by atoms with Gasteiger partial charge in [0.1, 0.15) is 0 Å². The molecule has 1 aliphatic heterocycles. The van der Waals surface area contributed by atoms with Gasteiger partial charge in [-0.2, -0.15) is 0 Å². The van der Waals surface area contributed by atoms with Crippen molar-refractivity contribution < 1.29 is 23.8 Å². The molecule has 0 fully saturated rings. The zero-order valence-electron chi connectivity index (χ0n) is 16.0. The standard InChI is InChI=1S/C19H27ClN2O5/c1-4-25-19(24)12-22(10-13(2)3)11-18(23)21-15-9-17-16(8-14(15)20)26-6-5-7-27-17/h8-9,13H,4-7,10-12H2,1-3H3,(H,21,23). The lowest BCUT2D eigenvalue weighted by molar-refractivity contribution is -0.144. The van der Waals surface area contributed by atoms with Crippen LogP contribution in [0.4, 0.5) is 5.69 Å². The monoisotopic (exact) mass is 398 g/mol. The number of benzene rings is 1. The number of nitrogens with one attached hydrogen (secondary N) is 1. The number of amides is 1. The molecule has 0 radical (unpaired) electrons. The number of anilines is 1. The fourth-order valence-electron chi connectivity index (χ4n) is 2.76. The predicted octanol–water partition coefficient (Wildman–Crippen LogP) is 2.96. The molecular weight excluding hydrogens is 372 g/mol. The molecule has 27 heavy (non-hydrogen) atoms. The first-order chi connectivity index (χ1) is 12.9. The quantitative estimate of drug-likeness (QED) is 0.678. The number of rotatable bonds is 8. The molecule has 2 rings (SSSR count). The Kier molecular flexibility index (Phi) is 8.19. The van der Waals surface area contributed by atoms with Gasteiger partial charge in [-0.1, -0.05) is 25.4 Å². The lowest BCUT2D eigenvalue weighted by Crippen LogP contribution is -2.39. The zero-order valence-corrected chi connectivity index (χ0v) is 16.8. The van der Waals surface area contributed by atoms with Crippen molar-refractivity contribution >= 4 is 29.2 Å². The van der Waals surface area contributed by atoms with Gasteiger partial charge in [0, 0.05) is 25.1 Å². The molecule has 0 aromatic heterocycles. The van der Waals surface area contributed by atoms with Crippen LogP contribution in [-0.2, 0) is 14.3 Å². The molecule has 0 saturated carbocycles. The summed E-state index contributed by atoms with van der Waals surface area (Å²) in [6.07, 6.45) is 0.784. The van der Waals surface area contributed by atoms with E-state index >= 15 is 0 Å². The van der Waals surface area contributed by atoms with Gasteiger partial charge in [-0.15, -0.1) is 0 Å². The number of hydrogen-bond donors (Lipinski definition) is 1. The van der Waals surface area contributed by atoms with Crippen LogP contribution in [0.15, 0.2) is 12.1 Å². The Morgan fingerprint density at radius 2 is 1.89 bits per heavy atom. The molecule has 150 valence electrons. The number of esters is 1. The highest BCUT2D eigenvalue weighted by atomic mass is 35.5. The van der Waals surface area contributed by atoms with Crippen molar-refractivity contribution in [3.8, 4) is 11.5 Å². The number of nitrogens with zero attached hydrogens (tertiary/aromatic N) is 1. The maximum Gasteiger partial charge on any atom is 0.320 e. The number of halogens is 1. The smallest absolute Gasteiger partial charge is 0.320 e. The fourth-order valence-corrected chi connectivity index (χ4v) is 2.96. The van der Waals surface area contributed by atoms with E-state index in [0.717, 1.165) is 6.42 Å². The van der Waals surface area contributed by atoms with Gasteiger partial charge in [-0.25, -0.2) is 0 Å². The molecule has 1 aromatic carbocycles. The summed E-state index contributed by atoms with van der Waals surface area (Å²) in [5, 5.41) is 3.16. The Labute approximate surface area is 164 Å². The van der Waals surface area contributed by atoms with Crippen molar-refractivity contribution in [3.05, 3.63) is 17.2 Å². The second kappa shape index (κ2) is 10.4. The molecule has 0 bridgehead atoms. The van der Waals surface area contributed by atoms with Gasteiger partial charge < -0.3 is 19.5 Å². The molecule has 1 N–H and O–H groups in total. The first-order valence-electron chi connectivity index (χ1n) is 9.16. The Hall–Kier alpha value is -1.99. The van der Waals surface area contributed by atoms with Crippen LogP contribution < -0.4 is 14.8 Å². The van der Waals surface area contributed by atoms with Gasteiger partial charge in [0.05, 0.1) is 43.6 Å². The van der Waals surface area contributed by atoms with Crippen molar-refractivity contribution in [1.29, 1.82) is 0 Å². The van der Waals surface area contributed by atoms with Crippen LogP contribution in [-0.4, -0.2) is 56.2 Å². The lowest BCUT2D eigenvalue weighted by Gasteiger charge is -2.23. The number of carbonyl (C=O) groups is 2. The Morgan fingerprint density at radius 1 is 1.22 bits per heavy atom. The number of fused-ring (bicyclic) bond motifs is 1. The van der Waals surface area contributed by atoms with Crippen molar-refractivity contribution in [2.24, 2.45) is 5.92 Å². The summed E-state index contributed by atoms with van der Waals surface area (Å²) in [5.41, 5.74) is 0.451. The van der Waals surface area contributed by atoms with E-state index in [0.29, 0.717) is 54.5 Å². The van der Waals surface area contributed by atoms with Crippen molar-refractivity contribution in [2.75, 3.05) is 44.8 Å². The molecule has 7 nitrogen and oxygen atoms in total. The molecule has 0 atom stereocenters. The van der Waals surface area contributed by atoms with E-state index in [-0.39, 0.29) is 25.0 Å². The van der Waals surface area contributed by atoms with E-state index in [1.807, 2.05) is 13.8 Å². The molecule has 0 saturated heterocycles. The Bertz CT molecular complexity index is 666. The number of carbonyl (C=O) groups excluding carboxylic acids is 2. The van der Waals surface area contributed by atoms with E-state index in [9.17, 15) is 9.59 Å². The highest BCUT2D eigenvalue weighted by Gasteiger charge is 2.19. The molecule has 1 aliphatic rings. The van der Waals surface area contributed by atoms with E-state index < -0.39 is 0 Å². The van der Waals surface area contributed by atoms with Crippen LogP contribution in [0.25, 0.3) is 0 Å². The third-order valence-electron chi connectivity index (χ3n) is 3.76. The summed E-state index contributed by atoms with van der Waals surface area (Å²) < 4.78 is 16.2. The van der Waals surface area contributed by atoms with Gasteiger partial charge in [0.2, 0.25) is 5.91 Å². The molecule has 0 aliphatic carbocycles. The van der Waals surface area contributed by atoms with E-state index in [1.165, 1.54) is 0 Å². The second-order valence-electron chi connectivity index (χ2n) is 6.75. The van der Waals surface area contributed by atoms with E-state index in [2.05, 4.69) is 5.32 Å². The molecule has 1 heterocycles. The van der Waals surface area contributed by atoms with Crippen molar-refractivity contribution in [3.63, 3.8) is 0 Å². The molecule has 0 spiro atoms. The lowest BCUT2D eigenvalue weighted by atomic mass is 10.2. The summed E-state index contributed by atoms with van der Waals surface area (Å²) in [5.74, 6) is 0.807. The predicted molar refractivity (Wildman–Crippen MR) is 104 cm³/mol. The van der Waals surface area contributed by atoms with E-state index in [1.54, 1.807) is 24.0 Å². The van der Waals surface area contributed by atoms with Crippen molar-refractivity contribution in [2.45, 2.75) is 27.2 Å². The third-order valence-corrected chi connectivity index (χ3v) is 4.07. The van der Waals surface area contributed by atoms with Crippen molar-refractivity contribution in [1.82, 2.24) is 4.90 Å². The summed E-state index contributed by atoms with van der Waals surface area (Å²) in [4.78, 5) is 26.0. The Morgan fingerprint density at radius 3 is 2.52 bits per heavy atom. The van der Waals surface area contributed by atoms with Gasteiger partial charge in [-0.3, -0.25) is 14.5 Å². The molecule has 1 amide bonds. The maximum atomic E-state index is 12.5. The molecular formula is C19H27ClN2O5. The third kappa shape index (κ3) is 6.92. The minimum Gasteiger partial charge on any atom is -0.490 e. The molecule has 0 unspecified atom stereocenters. The van der Waals surface area contributed by atoms with Crippen LogP contribution >= 0.6 is 11.6 Å². The Balaban J connectivity index is 2.03. The highest BCUT2D eigenvalue weighted by Crippen LogP contribution is 2.37. The fraction of sp³-hybridized carbons (Fsp3) is 0.579. The van der Waals surface area contributed by atoms with Crippen LogP contribution in [0, 0.1) is 5.92 Å². The van der Waals surface area contributed by atoms with Gasteiger partial charge >= 0.3 is 5.97 Å². The minimum absolute atomic E-state index is 0.0573. The highest BCUT2D eigenvalue weighted by molar-refractivity contribution is 6.34. The zero-order chi connectivity index (χ0) is 19.8. The van der Waals surface area contributed by atoms with Crippen LogP contribution in [0.2, 0.25) is 5.02 Å². The molecule has 1 aromatic rings. The minimum atomic E-state index is -0.348. The number of ether oxygens (including phenoxy) is 3. The number of hydrogen-bond acceptors (Lipinski definition) is 6. The van der Waals surface area contributed by atoms with E-state index in [4.69, 9.17) is 25.8 Å². The van der Waals surface area contributed by atoms with Crippen LogP contribution in [0.5, 0.6) is 11.5 Å². The first kappa shape index (κ1) is 21.3. The van der Waals surface area contributed by atoms with Gasteiger partial charge in [0.25, 0.3) is 0 Å². The summed E-state index contributed by atoms with van der Waals surface area (Å²) in [6.45, 7) is 7.94. The average molecular weight is 399 g/mol. The van der Waals surface area contributed by atoms with Gasteiger partial charge in [-0.05, 0) is 12.8 Å². The van der Waals surface area contributed by atoms with Gasteiger partial charge in [0.15, 0.2) is 11.5 Å².